The van der Waals surface area contributed by atoms with Gasteiger partial charge in [-0.05, 0) is 42.5 Å². The molecule has 0 aliphatic carbocycles. The zero-order chi connectivity index (χ0) is 25.4. The highest BCUT2D eigenvalue weighted by molar-refractivity contribution is 5.97. The molecule has 0 saturated carbocycles. The van der Waals surface area contributed by atoms with Crippen molar-refractivity contribution < 1.29 is 37.4 Å². The number of carbonyl (C=O) groups is 3. The summed E-state index contributed by atoms with van der Waals surface area (Å²) < 4.78 is 27.6. The van der Waals surface area contributed by atoms with Crippen LogP contribution < -0.4 is 14.8 Å². The third kappa shape index (κ3) is 4.20. The predicted molar refractivity (Wildman–Crippen MR) is 126 cm³/mol. The van der Waals surface area contributed by atoms with Crippen molar-refractivity contribution in [1.82, 2.24) is 15.1 Å². The summed E-state index contributed by atoms with van der Waals surface area (Å²) >= 11 is 0. The Morgan fingerprint density at radius 2 is 1.73 bits per heavy atom. The number of ether oxygens (including phenoxy) is 3. The van der Waals surface area contributed by atoms with Crippen LogP contribution in [0, 0.1) is 0 Å². The van der Waals surface area contributed by atoms with E-state index < -0.39 is 17.7 Å². The van der Waals surface area contributed by atoms with Crippen molar-refractivity contribution in [3.63, 3.8) is 0 Å². The number of likely N-dealkylation sites (tertiary alicyclic amines) is 1. The van der Waals surface area contributed by atoms with E-state index in [4.69, 9.17) is 23.0 Å². The van der Waals surface area contributed by atoms with Gasteiger partial charge < -0.3 is 33.3 Å². The lowest BCUT2D eigenvalue weighted by molar-refractivity contribution is -0.128. The Labute approximate surface area is 211 Å². The highest BCUT2D eigenvalue weighted by Crippen LogP contribution is 2.39. The van der Waals surface area contributed by atoms with Crippen molar-refractivity contribution in [3.8, 4) is 11.5 Å². The maximum atomic E-state index is 13.5. The van der Waals surface area contributed by atoms with Crippen LogP contribution in [-0.4, -0.2) is 65.8 Å². The highest BCUT2D eigenvalue weighted by atomic mass is 16.7. The molecule has 3 aliphatic heterocycles. The fraction of sp³-hybridized carbons (Fsp3) is 0.346. The fourth-order valence-electron chi connectivity index (χ4n) is 5.06. The van der Waals surface area contributed by atoms with Gasteiger partial charge in [0.25, 0.3) is 11.8 Å². The Morgan fingerprint density at radius 3 is 2.49 bits per heavy atom. The number of nitrogens with zero attached hydrogens (tertiary/aromatic N) is 2. The van der Waals surface area contributed by atoms with Crippen molar-refractivity contribution >= 4 is 17.7 Å². The number of benzene rings is 1. The summed E-state index contributed by atoms with van der Waals surface area (Å²) in [6, 6.07) is 10.9. The lowest BCUT2D eigenvalue weighted by Gasteiger charge is -2.44. The molecule has 11 nitrogen and oxygen atoms in total. The van der Waals surface area contributed by atoms with Crippen LogP contribution in [0.5, 0.6) is 11.5 Å². The van der Waals surface area contributed by atoms with E-state index in [-0.39, 0.29) is 37.5 Å². The van der Waals surface area contributed by atoms with E-state index in [1.54, 1.807) is 47.4 Å². The smallest absolute Gasteiger partial charge is 0.292 e. The first-order valence-corrected chi connectivity index (χ1v) is 12.0. The monoisotopic (exact) mass is 507 g/mol. The van der Waals surface area contributed by atoms with E-state index in [2.05, 4.69) is 5.32 Å². The van der Waals surface area contributed by atoms with Gasteiger partial charge in [0.05, 0.1) is 25.7 Å². The first-order valence-electron chi connectivity index (χ1n) is 12.0. The second-order valence-corrected chi connectivity index (χ2v) is 9.08. The Hall–Kier alpha value is -4.25. The minimum Gasteiger partial charge on any atom is -0.467 e. The second-order valence-electron chi connectivity index (χ2n) is 9.08. The summed E-state index contributed by atoms with van der Waals surface area (Å²) in [7, 11) is 0. The molecule has 1 N–H and O–H groups in total. The van der Waals surface area contributed by atoms with E-state index in [0.29, 0.717) is 48.8 Å². The number of hydrogen-bond donors (Lipinski definition) is 1. The molecule has 2 saturated heterocycles. The SMILES string of the molecule is O=C(NCc1ccco1)[C@@H]1COC2(CCN(C(=O)c3ccc4c(c3)OCO4)CC2)N1C(=O)c1ccco1. The minimum atomic E-state index is -1.04. The molecule has 0 unspecified atom stereocenters. The van der Waals surface area contributed by atoms with Gasteiger partial charge in [-0.1, -0.05) is 0 Å². The number of fused-ring (bicyclic) bond motifs is 1. The van der Waals surface area contributed by atoms with E-state index in [0.717, 1.165) is 0 Å². The largest absolute Gasteiger partial charge is 0.467 e. The van der Waals surface area contributed by atoms with E-state index >= 15 is 0 Å². The van der Waals surface area contributed by atoms with Crippen LogP contribution in [0.1, 0.15) is 39.5 Å². The highest BCUT2D eigenvalue weighted by Gasteiger charge is 2.54. The van der Waals surface area contributed by atoms with Crippen LogP contribution in [0.4, 0.5) is 0 Å². The maximum absolute atomic E-state index is 13.5. The molecule has 11 heteroatoms. The molecular weight excluding hydrogens is 482 g/mol. The van der Waals surface area contributed by atoms with Gasteiger partial charge in [0.2, 0.25) is 12.7 Å². The van der Waals surface area contributed by atoms with Crippen LogP contribution in [0.3, 0.4) is 0 Å². The number of piperidine rings is 1. The lowest BCUT2D eigenvalue weighted by atomic mass is 9.96. The van der Waals surface area contributed by atoms with Crippen LogP contribution in [0.25, 0.3) is 0 Å². The normalized spacial score (nSPS) is 19.8. The molecule has 1 spiro atoms. The summed E-state index contributed by atoms with van der Waals surface area (Å²) in [6.45, 7) is 1.04. The predicted octanol–water partition coefficient (Wildman–Crippen LogP) is 2.39. The first kappa shape index (κ1) is 23.2. The number of rotatable bonds is 5. The number of hydrogen-bond acceptors (Lipinski definition) is 8. The summed E-state index contributed by atoms with van der Waals surface area (Å²) in [6.07, 6.45) is 3.63. The van der Waals surface area contributed by atoms with Crippen molar-refractivity contribution in [1.29, 1.82) is 0 Å². The molecule has 2 fully saturated rings. The van der Waals surface area contributed by atoms with E-state index in [1.165, 1.54) is 17.4 Å². The van der Waals surface area contributed by atoms with E-state index in [9.17, 15) is 14.4 Å². The molecule has 1 aromatic carbocycles. The number of furan rings is 2. The van der Waals surface area contributed by atoms with Crippen LogP contribution in [-0.2, 0) is 16.1 Å². The van der Waals surface area contributed by atoms with Gasteiger partial charge in [0.1, 0.15) is 17.5 Å². The molecule has 5 heterocycles. The zero-order valence-corrected chi connectivity index (χ0v) is 19.9. The van der Waals surface area contributed by atoms with Gasteiger partial charge in [0, 0.05) is 31.5 Å². The average molecular weight is 507 g/mol. The first-order chi connectivity index (χ1) is 18.0. The quantitative estimate of drug-likeness (QED) is 0.559. The molecule has 0 radical (unpaired) electrons. The second kappa shape index (κ2) is 9.32. The number of carbonyl (C=O) groups excluding carboxylic acids is 3. The lowest BCUT2D eigenvalue weighted by Crippen LogP contribution is -2.59. The molecule has 3 aromatic rings. The van der Waals surface area contributed by atoms with Crippen LogP contribution >= 0.6 is 0 Å². The average Bonchev–Trinajstić information content (AvgIpc) is 3.74. The molecule has 192 valence electrons. The maximum Gasteiger partial charge on any atom is 0.292 e. The Bertz CT molecular complexity index is 1300. The molecule has 3 amide bonds. The Morgan fingerprint density at radius 1 is 0.946 bits per heavy atom. The van der Waals surface area contributed by atoms with Crippen molar-refractivity contribution in [3.05, 3.63) is 72.1 Å². The van der Waals surface area contributed by atoms with Gasteiger partial charge in [0.15, 0.2) is 17.3 Å². The zero-order valence-electron chi connectivity index (χ0n) is 19.9. The van der Waals surface area contributed by atoms with Crippen molar-refractivity contribution in [2.45, 2.75) is 31.2 Å². The molecule has 37 heavy (non-hydrogen) atoms. The molecule has 1 atom stereocenters. The molecule has 6 rings (SSSR count). The number of amides is 3. The minimum absolute atomic E-state index is 0.0343. The van der Waals surface area contributed by atoms with Crippen LogP contribution in [0.2, 0.25) is 0 Å². The standard InChI is InChI=1S/C26H25N3O8/c30-23(27-14-18-3-1-11-33-18)19-15-37-26(29(19)25(32)21-4-2-12-34-21)7-9-28(10-8-26)24(31)17-5-6-20-22(13-17)36-16-35-20/h1-6,11-13,19H,7-10,14-16H2,(H,27,30)/t19-/m0/s1. The van der Waals surface area contributed by atoms with Gasteiger partial charge in [-0.25, -0.2) is 0 Å². The van der Waals surface area contributed by atoms with Gasteiger partial charge in [-0.2, -0.15) is 0 Å². The summed E-state index contributed by atoms with van der Waals surface area (Å²) in [4.78, 5) is 43.1. The summed E-state index contributed by atoms with van der Waals surface area (Å²) in [5.74, 6) is 0.925. The van der Waals surface area contributed by atoms with E-state index in [1.807, 2.05) is 0 Å². The summed E-state index contributed by atoms with van der Waals surface area (Å²) in [5.41, 5.74) is -0.548. The van der Waals surface area contributed by atoms with Crippen molar-refractivity contribution in [2.24, 2.45) is 0 Å². The third-order valence-electron chi connectivity index (χ3n) is 6.98. The van der Waals surface area contributed by atoms with Gasteiger partial charge >= 0.3 is 0 Å². The third-order valence-corrected chi connectivity index (χ3v) is 6.98. The fourth-order valence-corrected chi connectivity index (χ4v) is 5.06. The van der Waals surface area contributed by atoms with Gasteiger partial charge in [-0.15, -0.1) is 0 Å². The molecule has 2 aromatic heterocycles. The van der Waals surface area contributed by atoms with Crippen molar-refractivity contribution in [2.75, 3.05) is 26.5 Å². The molecule has 0 bridgehead atoms. The van der Waals surface area contributed by atoms with Gasteiger partial charge in [-0.3, -0.25) is 19.3 Å². The number of nitrogens with one attached hydrogen (secondary N) is 1. The topological polar surface area (TPSA) is 124 Å². The summed E-state index contributed by atoms with van der Waals surface area (Å²) in [5, 5.41) is 2.82. The van der Waals surface area contributed by atoms with Crippen LogP contribution in [0.15, 0.2) is 63.8 Å². The Balaban J connectivity index is 1.19. The molecule has 3 aliphatic rings. The Kier molecular flexibility index (Phi) is 5.84. The molecular formula is C26H25N3O8.